The zero-order valence-electron chi connectivity index (χ0n) is 13.7. The Kier molecular flexibility index (Phi) is 4.56. The number of esters is 1. The number of thiazole rings is 1. The van der Waals surface area contributed by atoms with Crippen LogP contribution in [-0.2, 0) is 16.0 Å². The molecule has 0 unspecified atom stereocenters. The number of aryl methyl sites for hydroxylation is 2. The van der Waals surface area contributed by atoms with Gasteiger partial charge in [-0.25, -0.2) is 4.98 Å². The summed E-state index contributed by atoms with van der Waals surface area (Å²) in [5.41, 5.74) is 9.52. The Hall–Kier alpha value is -1.88. The van der Waals surface area contributed by atoms with E-state index in [1.807, 2.05) is 26.8 Å². The first kappa shape index (κ1) is 16.5. The van der Waals surface area contributed by atoms with Gasteiger partial charge < -0.3 is 10.5 Å². The van der Waals surface area contributed by atoms with Crippen LogP contribution in [0.3, 0.4) is 0 Å². The summed E-state index contributed by atoms with van der Waals surface area (Å²) in [6.45, 7) is 9.70. The summed E-state index contributed by atoms with van der Waals surface area (Å²) in [6, 6.07) is 6.13. The van der Waals surface area contributed by atoms with Crippen molar-refractivity contribution in [1.82, 2.24) is 4.98 Å². The molecule has 0 radical (unpaired) electrons. The van der Waals surface area contributed by atoms with Gasteiger partial charge >= 0.3 is 5.97 Å². The largest absolute Gasteiger partial charge is 0.460 e. The van der Waals surface area contributed by atoms with Gasteiger partial charge in [0.2, 0.25) is 0 Å². The molecule has 4 nitrogen and oxygen atoms in total. The number of hydrogen-bond acceptors (Lipinski definition) is 5. The van der Waals surface area contributed by atoms with Gasteiger partial charge in [-0.3, -0.25) is 4.79 Å². The lowest BCUT2D eigenvalue weighted by molar-refractivity contribution is -0.153. The molecule has 118 valence electrons. The number of nitrogens with zero attached hydrogens (tertiary/aromatic N) is 1. The van der Waals surface area contributed by atoms with E-state index in [1.54, 1.807) is 0 Å². The SMILES string of the molecule is Cc1ccc(-c2nc(N)sc2CC(=O)OC(C)(C)C)cc1C. The molecule has 0 saturated heterocycles. The quantitative estimate of drug-likeness (QED) is 0.872. The third kappa shape index (κ3) is 4.07. The van der Waals surface area contributed by atoms with Crippen LogP contribution in [0.4, 0.5) is 5.13 Å². The van der Waals surface area contributed by atoms with Crippen molar-refractivity contribution in [1.29, 1.82) is 0 Å². The fourth-order valence-electron chi connectivity index (χ4n) is 2.11. The van der Waals surface area contributed by atoms with Crippen LogP contribution in [-0.4, -0.2) is 16.6 Å². The highest BCUT2D eigenvalue weighted by Gasteiger charge is 2.20. The number of ether oxygens (including phenoxy) is 1. The predicted octanol–water partition coefficient (Wildman–Crippen LogP) is 3.89. The zero-order valence-corrected chi connectivity index (χ0v) is 14.5. The average Bonchev–Trinajstić information content (AvgIpc) is 2.71. The van der Waals surface area contributed by atoms with E-state index in [2.05, 4.69) is 31.0 Å². The molecule has 0 saturated carbocycles. The number of hydrogen-bond donors (Lipinski definition) is 1. The Morgan fingerprint density at radius 3 is 2.55 bits per heavy atom. The maximum absolute atomic E-state index is 12.1. The molecule has 2 aromatic rings. The van der Waals surface area contributed by atoms with E-state index in [0.29, 0.717) is 5.13 Å². The Labute approximate surface area is 135 Å². The van der Waals surface area contributed by atoms with E-state index in [-0.39, 0.29) is 12.4 Å². The van der Waals surface area contributed by atoms with Crippen molar-refractivity contribution >= 4 is 22.4 Å². The van der Waals surface area contributed by atoms with Crippen LogP contribution in [0.2, 0.25) is 0 Å². The number of rotatable bonds is 3. The smallest absolute Gasteiger partial charge is 0.311 e. The lowest BCUT2D eigenvalue weighted by Gasteiger charge is -2.19. The van der Waals surface area contributed by atoms with E-state index in [9.17, 15) is 4.79 Å². The molecule has 0 spiro atoms. The third-order valence-corrected chi connectivity index (χ3v) is 4.10. The van der Waals surface area contributed by atoms with Gasteiger partial charge in [0, 0.05) is 10.4 Å². The first-order chi connectivity index (χ1) is 10.2. The van der Waals surface area contributed by atoms with E-state index in [0.717, 1.165) is 16.1 Å². The number of nitrogen functional groups attached to an aromatic ring is 1. The molecular weight excluding hydrogens is 296 g/mol. The van der Waals surface area contributed by atoms with Crippen molar-refractivity contribution < 1.29 is 9.53 Å². The van der Waals surface area contributed by atoms with Gasteiger partial charge in [-0.2, -0.15) is 0 Å². The summed E-state index contributed by atoms with van der Waals surface area (Å²) in [6.07, 6.45) is 0.189. The molecule has 22 heavy (non-hydrogen) atoms. The monoisotopic (exact) mass is 318 g/mol. The van der Waals surface area contributed by atoms with Crippen LogP contribution < -0.4 is 5.73 Å². The molecule has 0 atom stereocenters. The third-order valence-electron chi connectivity index (χ3n) is 3.22. The number of benzene rings is 1. The minimum absolute atomic E-state index is 0.189. The van der Waals surface area contributed by atoms with E-state index >= 15 is 0 Å². The highest BCUT2D eigenvalue weighted by molar-refractivity contribution is 7.15. The second-order valence-corrected chi connectivity index (χ2v) is 7.50. The van der Waals surface area contributed by atoms with Crippen LogP contribution in [0.15, 0.2) is 18.2 Å². The summed E-state index contributed by atoms with van der Waals surface area (Å²) in [7, 11) is 0. The minimum Gasteiger partial charge on any atom is -0.460 e. The molecule has 0 aliphatic heterocycles. The summed E-state index contributed by atoms with van der Waals surface area (Å²) in [5, 5.41) is 0.465. The summed E-state index contributed by atoms with van der Waals surface area (Å²) >= 11 is 1.34. The fraction of sp³-hybridized carbons (Fsp3) is 0.412. The van der Waals surface area contributed by atoms with Gasteiger partial charge in [0.1, 0.15) is 5.60 Å². The molecule has 0 fully saturated rings. The zero-order chi connectivity index (χ0) is 16.5. The molecule has 2 N–H and O–H groups in total. The topological polar surface area (TPSA) is 65.2 Å². The van der Waals surface area contributed by atoms with Crippen LogP contribution in [0.5, 0.6) is 0 Å². The van der Waals surface area contributed by atoms with Gasteiger partial charge in [-0.15, -0.1) is 11.3 Å². The molecule has 1 aromatic heterocycles. The van der Waals surface area contributed by atoms with Crippen molar-refractivity contribution in [2.75, 3.05) is 5.73 Å². The van der Waals surface area contributed by atoms with Gasteiger partial charge in [-0.05, 0) is 51.8 Å². The van der Waals surface area contributed by atoms with Gasteiger partial charge in [-0.1, -0.05) is 12.1 Å². The molecule has 5 heteroatoms. The molecule has 1 aromatic carbocycles. The van der Waals surface area contributed by atoms with Gasteiger partial charge in [0.05, 0.1) is 12.1 Å². The maximum atomic E-state index is 12.1. The van der Waals surface area contributed by atoms with E-state index < -0.39 is 5.60 Å². The lowest BCUT2D eigenvalue weighted by atomic mass is 10.0. The van der Waals surface area contributed by atoms with Crippen molar-refractivity contribution in [3.05, 3.63) is 34.2 Å². The van der Waals surface area contributed by atoms with Crippen LogP contribution in [0.1, 0.15) is 36.8 Å². The number of carbonyl (C=O) groups is 1. The Bertz CT molecular complexity index is 699. The second-order valence-electron chi connectivity index (χ2n) is 6.39. The summed E-state index contributed by atoms with van der Waals surface area (Å²) < 4.78 is 5.38. The van der Waals surface area contributed by atoms with E-state index in [1.165, 1.54) is 22.5 Å². The highest BCUT2D eigenvalue weighted by Crippen LogP contribution is 2.31. The second kappa shape index (κ2) is 6.08. The molecule has 0 aliphatic carbocycles. The van der Waals surface area contributed by atoms with Gasteiger partial charge in [0.15, 0.2) is 5.13 Å². The van der Waals surface area contributed by atoms with Gasteiger partial charge in [0.25, 0.3) is 0 Å². The summed E-state index contributed by atoms with van der Waals surface area (Å²) in [4.78, 5) is 17.3. The number of anilines is 1. The normalized spacial score (nSPS) is 11.5. The standard InChI is InChI=1S/C17H22N2O2S/c1-10-6-7-12(8-11(10)2)15-13(22-16(18)19-15)9-14(20)21-17(3,4)5/h6-8H,9H2,1-5H3,(H2,18,19). The number of aromatic nitrogens is 1. The predicted molar refractivity (Wildman–Crippen MR) is 91.0 cm³/mol. The molecule has 0 bridgehead atoms. The van der Waals surface area contributed by atoms with Crippen molar-refractivity contribution in [3.63, 3.8) is 0 Å². The molecule has 0 amide bonds. The average molecular weight is 318 g/mol. The first-order valence-electron chi connectivity index (χ1n) is 7.20. The molecular formula is C17H22N2O2S. The van der Waals surface area contributed by atoms with Crippen molar-refractivity contribution in [2.24, 2.45) is 0 Å². The number of carbonyl (C=O) groups excluding carboxylic acids is 1. The number of nitrogens with two attached hydrogens (primary N) is 1. The van der Waals surface area contributed by atoms with E-state index in [4.69, 9.17) is 10.5 Å². The Morgan fingerprint density at radius 2 is 1.95 bits per heavy atom. The van der Waals surface area contributed by atoms with Crippen molar-refractivity contribution in [2.45, 2.75) is 46.6 Å². The maximum Gasteiger partial charge on any atom is 0.311 e. The minimum atomic E-state index is -0.492. The summed E-state index contributed by atoms with van der Waals surface area (Å²) in [5.74, 6) is -0.263. The van der Waals surface area contributed by atoms with Crippen LogP contribution >= 0.6 is 11.3 Å². The highest BCUT2D eigenvalue weighted by atomic mass is 32.1. The van der Waals surface area contributed by atoms with Crippen LogP contribution in [0, 0.1) is 13.8 Å². The molecule has 2 rings (SSSR count). The first-order valence-corrected chi connectivity index (χ1v) is 8.02. The lowest BCUT2D eigenvalue weighted by Crippen LogP contribution is -2.24. The Balaban J connectivity index is 2.30. The Morgan fingerprint density at radius 1 is 1.27 bits per heavy atom. The van der Waals surface area contributed by atoms with Crippen LogP contribution in [0.25, 0.3) is 11.3 Å². The molecule has 1 heterocycles. The van der Waals surface area contributed by atoms with Crippen molar-refractivity contribution in [3.8, 4) is 11.3 Å². The fourth-order valence-corrected chi connectivity index (χ4v) is 2.95. The molecule has 0 aliphatic rings.